The molecular formula is C16H16F3N5O2. The molecule has 0 saturated heterocycles. The van der Waals surface area contributed by atoms with E-state index in [0.717, 1.165) is 6.42 Å². The predicted molar refractivity (Wildman–Crippen MR) is 88.0 cm³/mol. The number of aromatic nitrogens is 2. The molecule has 0 fully saturated rings. The molecule has 0 spiro atoms. The summed E-state index contributed by atoms with van der Waals surface area (Å²) < 4.78 is 48.5. The lowest BCUT2D eigenvalue weighted by Crippen LogP contribution is -2.22. The minimum absolute atomic E-state index is 0.0540. The highest BCUT2D eigenvalue weighted by molar-refractivity contribution is 5.92. The second-order valence-corrected chi connectivity index (χ2v) is 5.42. The molecule has 0 unspecified atom stereocenters. The maximum atomic E-state index is 12.5. The van der Waals surface area contributed by atoms with Crippen LogP contribution in [0.5, 0.6) is 11.5 Å². The zero-order chi connectivity index (χ0) is 18.6. The van der Waals surface area contributed by atoms with Crippen molar-refractivity contribution in [1.82, 2.24) is 9.97 Å². The number of aliphatic imine (C=N–C) groups is 1. The highest BCUT2D eigenvalue weighted by Gasteiger charge is 2.31. The molecule has 0 radical (unpaired) electrons. The molecule has 7 nitrogen and oxygen atoms in total. The van der Waals surface area contributed by atoms with Gasteiger partial charge in [0.1, 0.15) is 12.4 Å². The summed E-state index contributed by atoms with van der Waals surface area (Å²) in [4.78, 5) is 11.3. The third kappa shape index (κ3) is 4.52. The first-order valence-electron chi connectivity index (χ1n) is 7.76. The van der Waals surface area contributed by atoms with Crippen LogP contribution < -0.4 is 20.5 Å². The Morgan fingerprint density at radius 2 is 1.85 bits per heavy atom. The number of alkyl halides is 3. The highest BCUT2D eigenvalue weighted by Crippen LogP contribution is 2.32. The largest absolute Gasteiger partial charge is 0.490 e. The number of nitrogens with one attached hydrogen (secondary N) is 1. The van der Waals surface area contributed by atoms with E-state index in [1.54, 1.807) is 18.2 Å². The quantitative estimate of drug-likeness (QED) is 0.640. The van der Waals surface area contributed by atoms with Gasteiger partial charge in [0, 0.05) is 30.6 Å². The maximum Gasteiger partial charge on any atom is 0.419 e. The van der Waals surface area contributed by atoms with Crippen molar-refractivity contribution in [3.8, 4) is 11.5 Å². The van der Waals surface area contributed by atoms with Gasteiger partial charge in [-0.15, -0.1) is 0 Å². The molecular weight excluding hydrogens is 351 g/mol. The van der Waals surface area contributed by atoms with Gasteiger partial charge in [-0.05, 0) is 12.1 Å². The van der Waals surface area contributed by atoms with E-state index in [0.29, 0.717) is 42.8 Å². The molecule has 0 atom stereocenters. The van der Waals surface area contributed by atoms with Crippen molar-refractivity contribution in [2.75, 3.05) is 18.5 Å². The Labute approximate surface area is 147 Å². The summed E-state index contributed by atoms with van der Waals surface area (Å²) in [5, 5.41) is 2.87. The highest BCUT2D eigenvalue weighted by atomic mass is 19.4. The van der Waals surface area contributed by atoms with E-state index in [-0.39, 0.29) is 18.3 Å². The van der Waals surface area contributed by atoms with Gasteiger partial charge in [0.15, 0.2) is 17.5 Å². The Bertz CT molecular complexity index is 793. The molecule has 0 aliphatic carbocycles. The predicted octanol–water partition coefficient (Wildman–Crippen LogP) is 2.58. The Morgan fingerprint density at radius 1 is 1.15 bits per heavy atom. The molecule has 1 aromatic heterocycles. The molecule has 10 heteroatoms. The summed E-state index contributed by atoms with van der Waals surface area (Å²) in [5.74, 6) is 1.46. The lowest BCUT2D eigenvalue weighted by Gasteiger charge is -2.10. The van der Waals surface area contributed by atoms with Crippen molar-refractivity contribution < 1.29 is 22.6 Å². The minimum atomic E-state index is -4.47. The molecule has 26 heavy (non-hydrogen) atoms. The molecule has 3 N–H and O–H groups in total. The lowest BCUT2D eigenvalue weighted by atomic mass is 10.3. The van der Waals surface area contributed by atoms with E-state index in [1.165, 1.54) is 0 Å². The monoisotopic (exact) mass is 367 g/mol. The number of hydrogen-bond acceptors (Lipinski definition) is 5. The van der Waals surface area contributed by atoms with Crippen LogP contribution in [0.4, 0.5) is 18.9 Å². The third-order valence-corrected chi connectivity index (χ3v) is 3.44. The van der Waals surface area contributed by atoms with Crippen LogP contribution in [-0.2, 0) is 12.7 Å². The van der Waals surface area contributed by atoms with Crippen LogP contribution in [0, 0.1) is 0 Å². The molecule has 1 aliphatic rings. The fraction of sp³-hybridized carbons (Fsp3) is 0.312. The average Bonchev–Trinajstić information content (AvgIpc) is 2.84. The first-order chi connectivity index (χ1) is 12.4. The van der Waals surface area contributed by atoms with Gasteiger partial charge < -0.3 is 20.5 Å². The molecule has 1 aromatic carbocycles. The number of anilines is 1. The Kier molecular flexibility index (Phi) is 5.10. The molecule has 2 aromatic rings. The SMILES string of the molecule is NC(=NCc1ncc(C(F)(F)F)cn1)Nc1ccc2c(c1)OCCCO2. The van der Waals surface area contributed by atoms with E-state index in [4.69, 9.17) is 15.2 Å². The summed E-state index contributed by atoms with van der Waals surface area (Å²) in [7, 11) is 0. The van der Waals surface area contributed by atoms with E-state index >= 15 is 0 Å². The topological polar surface area (TPSA) is 94.7 Å². The van der Waals surface area contributed by atoms with Crippen molar-refractivity contribution in [2.24, 2.45) is 10.7 Å². The molecule has 0 amide bonds. The van der Waals surface area contributed by atoms with Crippen molar-refractivity contribution in [3.63, 3.8) is 0 Å². The molecule has 0 saturated carbocycles. The van der Waals surface area contributed by atoms with Crippen LogP contribution in [0.2, 0.25) is 0 Å². The maximum absolute atomic E-state index is 12.5. The number of ether oxygens (including phenoxy) is 2. The fourth-order valence-corrected chi connectivity index (χ4v) is 2.17. The summed E-state index contributed by atoms with van der Waals surface area (Å²) in [6.07, 6.45) is -2.25. The number of halogens is 3. The minimum Gasteiger partial charge on any atom is -0.490 e. The molecule has 2 heterocycles. The first kappa shape index (κ1) is 17.8. The number of hydrogen-bond donors (Lipinski definition) is 2. The summed E-state index contributed by atoms with van der Waals surface area (Å²) in [6, 6.07) is 5.25. The van der Waals surface area contributed by atoms with Gasteiger partial charge in [-0.25, -0.2) is 15.0 Å². The smallest absolute Gasteiger partial charge is 0.419 e. The Balaban J connectivity index is 1.62. The zero-order valence-corrected chi connectivity index (χ0v) is 13.6. The normalized spacial score (nSPS) is 14.7. The van der Waals surface area contributed by atoms with Crippen LogP contribution >= 0.6 is 0 Å². The van der Waals surface area contributed by atoms with Gasteiger partial charge in [-0.2, -0.15) is 13.2 Å². The van der Waals surface area contributed by atoms with Crippen LogP contribution in [-0.4, -0.2) is 29.1 Å². The average molecular weight is 367 g/mol. The van der Waals surface area contributed by atoms with E-state index in [9.17, 15) is 13.2 Å². The number of rotatable bonds is 3. The number of nitrogens with two attached hydrogens (primary N) is 1. The van der Waals surface area contributed by atoms with Crippen molar-refractivity contribution in [2.45, 2.75) is 19.1 Å². The zero-order valence-electron chi connectivity index (χ0n) is 13.6. The van der Waals surface area contributed by atoms with Gasteiger partial charge in [0.2, 0.25) is 0 Å². The number of guanidine groups is 1. The van der Waals surface area contributed by atoms with Crippen molar-refractivity contribution in [3.05, 3.63) is 42.0 Å². The molecule has 0 bridgehead atoms. The third-order valence-electron chi connectivity index (χ3n) is 3.44. The Morgan fingerprint density at radius 3 is 2.54 bits per heavy atom. The first-order valence-corrected chi connectivity index (χ1v) is 7.76. The molecule has 1 aliphatic heterocycles. The van der Waals surface area contributed by atoms with Crippen LogP contribution in [0.3, 0.4) is 0 Å². The summed E-state index contributed by atoms with van der Waals surface area (Å²) in [5.41, 5.74) is 5.52. The van der Waals surface area contributed by atoms with E-state index in [2.05, 4.69) is 20.3 Å². The van der Waals surface area contributed by atoms with Gasteiger partial charge in [0.05, 0.1) is 18.8 Å². The number of benzene rings is 1. The van der Waals surface area contributed by atoms with E-state index in [1.807, 2.05) is 0 Å². The van der Waals surface area contributed by atoms with Crippen LogP contribution in [0.1, 0.15) is 17.8 Å². The second-order valence-electron chi connectivity index (χ2n) is 5.42. The van der Waals surface area contributed by atoms with Crippen molar-refractivity contribution >= 4 is 11.6 Å². The number of nitrogens with zero attached hydrogens (tertiary/aromatic N) is 3. The molecule has 138 valence electrons. The lowest BCUT2D eigenvalue weighted by molar-refractivity contribution is -0.138. The van der Waals surface area contributed by atoms with Crippen LogP contribution in [0.15, 0.2) is 35.6 Å². The van der Waals surface area contributed by atoms with Gasteiger partial charge in [0.25, 0.3) is 0 Å². The standard InChI is InChI=1S/C16H16F3N5O2/c17-16(18,19)10-7-21-14(22-8-10)9-23-15(20)24-11-2-3-12-13(6-11)26-5-1-4-25-12/h2-3,6-8H,1,4-5,9H2,(H3,20,23,24). The van der Waals surface area contributed by atoms with Gasteiger partial charge >= 0.3 is 6.18 Å². The van der Waals surface area contributed by atoms with E-state index < -0.39 is 11.7 Å². The summed E-state index contributed by atoms with van der Waals surface area (Å²) >= 11 is 0. The van der Waals surface area contributed by atoms with Gasteiger partial charge in [-0.1, -0.05) is 0 Å². The number of fused-ring (bicyclic) bond motifs is 1. The van der Waals surface area contributed by atoms with Crippen molar-refractivity contribution in [1.29, 1.82) is 0 Å². The fourth-order valence-electron chi connectivity index (χ4n) is 2.17. The molecule has 3 rings (SSSR count). The van der Waals surface area contributed by atoms with Crippen LogP contribution in [0.25, 0.3) is 0 Å². The second kappa shape index (κ2) is 7.46. The van der Waals surface area contributed by atoms with Gasteiger partial charge in [-0.3, -0.25) is 0 Å². The summed E-state index contributed by atoms with van der Waals surface area (Å²) in [6.45, 7) is 1.10. The Hall–Kier alpha value is -3.04.